The molecule has 1 fully saturated rings. The molecule has 2 aromatic rings. The summed E-state index contributed by atoms with van der Waals surface area (Å²) in [6.07, 6.45) is 2.06. The fourth-order valence-corrected chi connectivity index (χ4v) is 4.56. The van der Waals surface area contributed by atoms with E-state index in [1.807, 2.05) is 17.0 Å². The number of amides is 2. The van der Waals surface area contributed by atoms with E-state index < -0.39 is 5.91 Å². The molecule has 0 N–H and O–H groups in total. The van der Waals surface area contributed by atoms with Crippen molar-refractivity contribution in [1.29, 1.82) is 0 Å². The number of imide groups is 1. The molecule has 30 heavy (non-hydrogen) atoms. The SMILES string of the molecule is COc1ccccc1C1=C(N2CCCC(C)C2)C(=O)N(c2cccc(Cl)c2Cl)C1=O. The number of para-hydroxylation sites is 1. The maximum atomic E-state index is 13.6. The molecule has 2 aliphatic rings. The van der Waals surface area contributed by atoms with Crippen LogP contribution in [0.2, 0.25) is 10.0 Å². The molecular weight excluding hydrogens is 423 g/mol. The number of hydrogen-bond donors (Lipinski definition) is 0. The van der Waals surface area contributed by atoms with Gasteiger partial charge in [0.2, 0.25) is 0 Å². The Morgan fingerprint density at radius 2 is 1.80 bits per heavy atom. The number of anilines is 1. The van der Waals surface area contributed by atoms with Crippen LogP contribution in [0.3, 0.4) is 0 Å². The van der Waals surface area contributed by atoms with Crippen LogP contribution in [-0.4, -0.2) is 36.9 Å². The van der Waals surface area contributed by atoms with E-state index in [4.69, 9.17) is 27.9 Å². The van der Waals surface area contributed by atoms with Crippen LogP contribution < -0.4 is 9.64 Å². The maximum Gasteiger partial charge on any atom is 0.282 e. The Labute approximate surface area is 185 Å². The van der Waals surface area contributed by atoms with Gasteiger partial charge < -0.3 is 9.64 Å². The summed E-state index contributed by atoms with van der Waals surface area (Å²) in [5, 5.41) is 0.460. The molecule has 4 rings (SSSR count). The summed E-state index contributed by atoms with van der Waals surface area (Å²) in [6.45, 7) is 3.58. The lowest BCUT2D eigenvalue weighted by Crippen LogP contribution is -2.39. The second-order valence-corrected chi connectivity index (χ2v) is 8.42. The summed E-state index contributed by atoms with van der Waals surface area (Å²) < 4.78 is 5.50. The maximum absolute atomic E-state index is 13.6. The topological polar surface area (TPSA) is 49.9 Å². The minimum atomic E-state index is -0.429. The van der Waals surface area contributed by atoms with E-state index >= 15 is 0 Å². The Kier molecular flexibility index (Phi) is 5.76. The van der Waals surface area contributed by atoms with Gasteiger partial charge in [-0.05, 0) is 37.0 Å². The number of methoxy groups -OCH3 is 1. The van der Waals surface area contributed by atoms with Crippen molar-refractivity contribution >= 4 is 46.3 Å². The smallest absolute Gasteiger partial charge is 0.282 e. The molecule has 0 radical (unpaired) electrons. The number of halogens is 2. The molecule has 0 bridgehead atoms. The molecule has 1 saturated heterocycles. The van der Waals surface area contributed by atoms with Gasteiger partial charge in [-0.25, -0.2) is 4.90 Å². The van der Waals surface area contributed by atoms with Crippen molar-refractivity contribution < 1.29 is 14.3 Å². The van der Waals surface area contributed by atoms with Gasteiger partial charge in [0.15, 0.2) is 0 Å². The molecule has 0 aliphatic carbocycles. The first-order valence-corrected chi connectivity index (χ1v) is 10.6. The number of likely N-dealkylation sites (tertiary alicyclic amines) is 1. The van der Waals surface area contributed by atoms with E-state index in [0.29, 0.717) is 41.6 Å². The highest BCUT2D eigenvalue weighted by Gasteiger charge is 2.44. The van der Waals surface area contributed by atoms with Crippen LogP contribution in [0.25, 0.3) is 5.57 Å². The molecule has 7 heteroatoms. The fraction of sp³-hybridized carbons (Fsp3) is 0.304. The zero-order valence-corrected chi connectivity index (χ0v) is 18.3. The van der Waals surface area contributed by atoms with Gasteiger partial charge in [-0.3, -0.25) is 9.59 Å². The van der Waals surface area contributed by atoms with Crippen molar-refractivity contribution in [2.24, 2.45) is 5.92 Å². The average Bonchev–Trinajstić information content (AvgIpc) is 3.00. The number of piperidine rings is 1. The molecule has 1 atom stereocenters. The lowest BCUT2D eigenvalue weighted by atomic mass is 9.97. The van der Waals surface area contributed by atoms with E-state index in [1.54, 1.807) is 37.4 Å². The molecule has 2 heterocycles. The van der Waals surface area contributed by atoms with Crippen LogP contribution >= 0.6 is 23.2 Å². The van der Waals surface area contributed by atoms with Crippen LogP contribution in [0.4, 0.5) is 5.69 Å². The highest BCUT2D eigenvalue weighted by molar-refractivity contribution is 6.49. The number of rotatable bonds is 4. The monoisotopic (exact) mass is 444 g/mol. The molecule has 2 aliphatic heterocycles. The minimum absolute atomic E-state index is 0.175. The molecule has 2 amide bonds. The summed E-state index contributed by atoms with van der Waals surface area (Å²) in [5.74, 6) is 0.146. The third-order valence-corrected chi connectivity index (χ3v) is 6.39. The van der Waals surface area contributed by atoms with E-state index in [9.17, 15) is 9.59 Å². The van der Waals surface area contributed by atoms with Crippen LogP contribution in [0.15, 0.2) is 48.2 Å². The third kappa shape index (κ3) is 3.46. The van der Waals surface area contributed by atoms with Gasteiger partial charge in [0.1, 0.15) is 11.4 Å². The quantitative estimate of drug-likeness (QED) is 0.621. The summed E-state index contributed by atoms with van der Waals surface area (Å²) in [6, 6.07) is 12.2. The second kappa shape index (κ2) is 8.32. The number of ether oxygens (including phenoxy) is 1. The molecule has 2 aromatic carbocycles. The zero-order chi connectivity index (χ0) is 21.4. The van der Waals surface area contributed by atoms with E-state index in [2.05, 4.69) is 6.92 Å². The third-order valence-electron chi connectivity index (χ3n) is 5.58. The minimum Gasteiger partial charge on any atom is -0.496 e. The molecule has 0 saturated carbocycles. The lowest BCUT2D eigenvalue weighted by molar-refractivity contribution is -0.120. The molecule has 156 valence electrons. The fourth-order valence-electron chi connectivity index (χ4n) is 4.18. The van der Waals surface area contributed by atoms with Gasteiger partial charge in [-0.15, -0.1) is 0 Å². The van der Waals surface area contributed by atoms with Crippen molar-refractivity contribution in [3.63, 3.8) is 0 Å². The number of carbonyl (C=O) groups is 2. The van der Waals surface area contributed by atoms with Crippen molar-refractivity contribution in [1.82, 2.24) is 4.90 Å². The highest BCUT2D eigenvalue weighted by atomic mass is 35.5. The van der Waals surface area contributed by atoms with Crippen molar-refractivity contribution in [3.8, 4) is 5.75 Å². The van der Waals surface area contributed by atoms with Gasteiger partial charge in [0.05, 0.1) is 28.4 Å². The summed E-state index contributed by atoms with van der Waals surface area (Å²) in [7, 11) is 1.55. The molecule has 5 nitrogen and oxygen atoms in total. The summed E-state index contributed by atoms with van der Waals surface area (Å²) in [5.41, 5.74) is 1.61. The largest absolute Gasteiger partial charge is 0.496 e. The van der Waals surface area contributed by atoms with E-state index in [1.165, 1.54) is 0 Å². The van der Waals surface area contributed by atoms with Crippen LogP contribution in [-0.2, 0) is 9.59 Å². The molecule has 0 spiro atoms. The van der Waals surface area contributed by atoms with Gasteiger partial charge >= 0.3 is 0 Å². The van der Waals surface area contributed by atoms with E-state index in [-0.39, 0.29) is 21.6 Å². The zero-order valence-electron chi connectivity index (χ0n) is 16.8. The predicted molar refractivity (Wildman–Crippen MR) is 119 cm³/mol. The Morgan fingerprint density at radius 3 is 2.53 bits per heavy atom. The summed E-state index contributed by atoms with van der Waals surface area (Å²) in [4.78, 5) is 30.4. The van der Waals surface area contributed by atoms with Gasteiger partial charge in [0.25, 0.3) is 11.8 Å². The number of hydrogen-bond acceptors (Lipinski definition) is 4. The van der Waals surface area contributed by atoms with Crippen LogP contribution in [0.5, 0.6) is 5.75 Å². The highest BCUT2D eigenvalue weighted by Crippen LogP contribution is 2.42. The molecule has 1 unspecified atom stereocenters. The Hall–Kier alpha value is -2.50. The van der Waals surface area contributed by atoms with Gasteiger partial charge in [-0.2, -0.15) is 0 Å². The Balaban J connectivity index is 1.90. The van der Waals surface area contributed by atoms with Gasteiger partial charge in [-0.1, -0.05) is 54.4 Å². The first kappa shape index (κ1) is 20.8. The van der Waals surface area contributed by atoms with Crippen LogP contribution in [0, 0.1) is 5.92 Å². The lowest BCUT2D eigenvalue weighted by Gasteiger charge is -2.33. The summed E-state index contributed by atoms with van der Waals surface area (Å²) >= 11 is 12.5. The number of carbonyl (C=O) groups excluding carboxylic acids is 2. The second-order valence-electron chi connectivity index (χ2n) is 7.64. The number of nitrogens with zero attached hydrogens (tertiary/aromatic N) is 2. The standard InChI is InChI=1S/C23H22Cl2N2O3/c1-14-7-6-12-26(13-14)21-19(15-8-3-4-11-18(15)30-2)22(28)27(23(21)29)17-10-5-9-16(24)20(17)25/h3-5,8-11,14H,6-7,12-13H2,1-2H3. The Morgan fingerprint density at radius 1 is 1.03 bits per heavy atom. The molecule has 0 aromatic heterocycles. The van der Waals surface area contributed by atoms with Crippen molar-refractivity contribution in [2.45, 2.75) is 19.8 Å². The molecular formula is C23H22Cl2N2O3. The van der Waals surface area contributed by atoms with Crippen molar-refractivity contribution in [3.05, 3.63) is 63.8 Å². The Bertz CT molecular complexity index is 1050. The predicted octanol–water partition coefficient (Wildman–Crippen LogP) is 5.02. The first-order chi connectivity index (χ1) is 14.4. The average molecular weight is 445 g/mol. The number of benzene rings is 2. The van der Waals surface area contributed by atoms with Gasteiger partial charge in [0, 0.05) is 18.7 Å². The van der Waals surface area contributed by atoms with Crippen LogP contribution in [0.1, 0.15) is 25.3 Å². The first-order valence-electron chi connectivity index (χ1n) is 9.89. The normalized spacial score (nSPS) is 19.7. The van der Waals surface area contributed by atoms with Crippen molar-refractivity contribution in [2.75, 3.05) is 25.1 Å². The van der Waals surface area contributed by atoms with E-state index in [0.717, 1.165) is 17.7 Å².